The van der Waals surface area contributed by atoms with Gasteiger partial charge in [0.05, 0.1) is 6.54 Å². The molecule has 1 aromatic carbocycles. The zero-order chi connectivity index (χ0) is 18.2. The van der Waals surface area contributed by atoms with E-state index in [9.17, 15) is 9.59 Å². The van der Waals surface area contributed by atoms with E-state index in [1.807, 2.05) is 49.1 Å². The van der Waals surface area contributed by atoms with Gasteiger partial charge in [-0.15, -0.1) is 0 Å². The van der Waals surface area contributed by atoms with E-state index in [0.29, 0.717) is 12.5 Å². The van der Waals surface area contributed by atoms with Crippen LogP contribution in [0.15, 0.2) is 30.3 Å². The van der Waals surface area contributed by atoms with Crippen molar-refractivity contribution in [3.05, 3.63) is 35.9 Å². The highest BCUT2D eigenvalue weighted by molar-refractivity contribution is 5.69. The van der Waals surface area contributed by atoms with Crippen molar-refractivity contribution in [2.75, 3.05) is 26.2 Å². The van der Waals surface area contributed by atoms with E-state index >= 15 is 0 Å². The number of aliphatic carboxylic acids is 1. The highest BCUT2D eigenvalue weighted by Crippen LogP contribution is 2.20. The molecule has 0 aliphatic carbocycles. The number of nitrogens with zero attached hydrogens (tertiary/aromatic N) is 2. The Morgan fingerprint density at radius 3 is 2.44 bits per heavy atom. The summed E-state index contributed by atoms with van der Waals surface area (Å²) in [6, 6.07) is 9.72. The minimum Gasteiger partial charge on any atom is -0.480 e. The minimum absolute atomic E-state index is 0.0697. The molecule has 0 radical (unpaired) electrons. The van der Waals surface area contributed by atoms with Crippen molar-refractivity contribution in [3.8, 4) is 0 Å². The van der Waals surface area contributed by atoms with Gasteiger partial charge >= 0.3 is 12.1 Å². The fourth-order valence-corrected chi connectivity index (χ4v) is 3.09. The molecule has 1 aliphatic heterocycles. The van der Waals surface area contributed by atoms with Crippen LogP contribution in [-0.2, 0) is 16.1 Å². The van der Waals surface area contributed by atoms with Crippen molar-refractivity contribution < 1.29 is 19.4 Å². The molecule has 2 rings (SSSR count). The summed E-state index contributed by atoms with van der Waals surface area (Å²) in [5, 5.41) is 8.86. The van der Waals surface area contributed by atoms with Crippen LogP contribution < -0.4 is 0 Å². The van der Waals surface area contributed by atoms with Gasteiger partial charge in [0.1, 0.15) is 6.61 Å². The van der Waals surface area contributed by atoms with Gasteiger partial charge in [-0.05, 0) is 51.3 Å². The first-order valence-corrected chi connectivity index (χ1v) is 8.87. The molecule has 1 amide bonds. The third-order valence-electron chi connectivity index (χ3n) is 4.58. The third kappa shape index (κ3) is 6.38. The van der Waals surface area contributed by atoms with Gasteiger partial charge in [-0.1, -0.05) is 30.3 Å². The molecular formula is C19H28N2O4. The van der Waals surface area contributed by atoms with Crippen molar-refractivity contribution in [2.45, 2.75) is 39.3 Å². The number of rotatable bonds is 7. The van der Waals surface area contributed by atoms with Crippen LogP contribution in [0.4, 0.5) is 4.79 Å². The Kier molecular flexibility index (Phi) is 7.25. The fourth-order valence-electron chi connectivity index (χ4n) is 3.09. The number of ether oxygens (including phenoxy) is 1. The zero-order valence-electron chi connectivity index (χ0n) is 15.1. The lowest BCUT2D eigenvalue weighted by Gasteiger charge is -2.35. The smallest absolute Gasteiger partial charge is 0.410 e. The molecule has 1 aromatic rings. The van der Waals surface area contributed by atoms with E-state index in [2.05, 4.69) is 0 Å². The fraction of sp³-hybridized carbons (Fsp3) is 0.579. The standard InChI is InChI=1S/C19H28N2O4/c1-15(2)21(19(24)25-14-17-6-4-3-5-7-17)12-16-8-10-20(11-9-16)13-18(22)23/h3-7,15-16H,8-14H2,1-2H3,(H,22,23). The highest BCUT2D eigenvalue weighted by Gasteiger charge is 2.26. The summed E-state index contributed by atoms with van der Waals surface area (Å²) < 4.78 is 5.47. The summed E-state index contributed by atoms with van der Waals surface area (Å²) in [7, 11) is 0. The molecule has 1 heterocycles. The predicted molar refractivity (Wildman–Crippen MR) is 95.3 cm³/mol. The lowest BCUT2D eigenvalue weighted by molar-refractivity contribution is -0.138. The molecule has 1 aliphatic rings. The summed E-state index contributed by atoms with van der Waals surface area (Å²) in [4.78, 5) is 27.0. The Morgan fingerprint density at radius 2 is 1.88 bits per heavy atom. The molecule has 0 spiro atoms. The van der Waals surface area contributed by atoms with Crippen LogP contribution in [0.25, 0.3) is 0 Å². The molecular weight excluding hydrogens is 320 g/mol. The SMILES string of the molecule is CC(C)N(CC1CCN(CC(=O)O)CC1)C(=O)OCc1ccccc1. The summed E-state index contributed by atoms with van der Waals surface area (Å²) in [5.41, 5.74) is 0.974. The lowest BCUT2D eigenvalue weighted by atomic mass is 9.96. The molecule has 25 heavy (non-hydrogen) atoms. The Bertz CT molecular complexity index is 554. The van der Waals surface area contributed by atoms with Gasteiger partial charge in [0.25, 0.3) is 0 Å². The first-order chi connectivity index (χ1) is 12.0. The summed E-state index contributed by atoms with van der Waals surface area (Å²) in [6.07, 6.45) is 1.53. The molecule has 1 N–H and O–H groups in total. The number of carbonyl (C=O) groups excluding carboxylic acids is 1. The van der Waals surface area contributed by atoms with Gasteiger partial charge < -0.3 is 14.7 Å². The number of benzene rings is 1. The lowest BCUT2D eigenvalue weighted by Crippen LogP contribution is -2.44. The van der Waals surface area contributed by atoms with Gasteiger partial charge in [-0.25, -0.2) is 4.79 Å². The number of amides is 1. The Balaban J connectivity index is 1.82. The van der Waals surface area contributed by atoms with Crippen LogP contribution in [0.1, 0.15) is 32.3 Å². The second-order valence-electron chi connectivity index (χ2n) is 6.90. The number of carboxylic acids is 1. The third-order valence-corrected chi connectivity index (χ3v) is 4.58. The Hall–Kier alpha value is -2.08. The van der Waals surface area contributed by atoms with Crippen molar-refractivity contribution in [2.24, 2.45) is 5.92 Å². The quantitative estimate of drug-likeness (QED) is 0.820. The van der Waals surface area contributed by atoms with Gasteiger partial charge in [0, 0.05) is 12.6 Å². The highest BCUT2D eigenvalue weighted by atomic mass is 16.6. The molecule has 6 heteroatoms. The summed E-state index contributed by atoms with van der Waals surface area (Å²) in [5.74, 6) is -0.400. The number of likely N-dealkylation sites (tertiary alicyclic amines) is 1. The molecule has 0 atom stereocenters. The van der Waals surface area contributed by atoms with Crippen LogP contribution in [0.2, 0.25) is 0 Å². The van der Waals surface area contributed by atoms with E-state index in [-0.39, 0.29) is 25.3 Å². The Morgan fingerprint density at radius 1 is 1.24 bits per heavy atom. The van der Waals surface area contributed by atoms with E-state index in [0.717, 1.165) is 31.5 Å². The largest absolute Gasteiger partial charge is 0.480 e. The van der Waals surface area contributed by atoms with Crippen LogP contribution >= 0.6 is 0 Å². The average Bonchev–Trinajstić information content (AvgIpc) is 2.59. The van der Waals surface area contributed by atoms with Gasteiger partial charge in [-0.3, -0.25) is 9.69 Å². The first-order valence-electron chi connectivity index (χ1n) is 8.87. The first kappa shape index (κ1) is 19.2. The van der Waals surface area contributed by atoms with Crippen molar-refractivity contribution >= 4 is 12.1 Å². The molecule has 1 saturated heterocycles. The van der Waals surface area contributed by atoms with Gasteiger partial charge in [0.15, 0.2) is 0 Å². The molecule has 0 unspecified atom stereocenters. The monoisotopic (exact) mass is 348 g/mol. The van der Waals surface area contributed by atoms with Crippen molar-refractivity contribution in [1.29, 1.82) is 0 Å². The molecule has 138 valence electrons. The number of hydrogen-bond acceptors (Lipinski definition) is 4. The maximum absolute atomic E-state index is 12.5. The minimum atomic E-state index is -0.785. The second-order valence-corrected chi connectivity index (χ2v) is 6.90. The zero-order valence-corrected chi connectivity index (χ0v) is 15.1. The van der Waals surface area contributed by atoms with Gasteiger partial charge in [-0.2, -0.15) is 0 Å². The van der Waals surface area contributed by atoms with E-state index in [1.165, 1.54) is 0 Å². The van der Waals surface area contributed by atoms with E-state index in [4.69, 9.17) is 9.84 Å². The van der Waals surface area contributed by atoms with Crippen molar-refractivity contribution in [3.63, 3.8) is 0 Å². The maximum Gasteiger partial charge on any atom is 0.410 e. The van der Waals surface area contributed by atoms with Crippen molar-refractivity contribution in [1.82, 2.24) is 9.80 Å². The predicted octanol–water partition coefficient (Wildman–Crippen LogP) is 2.83. The molecule has 1 fully saturated rings. The summed E-state index contributed by atoms with van der Waals surface area (Å²) >= 11 is 0. The second kappa shape index (κ2) is 9.42. The maximum atomic E-state index is 12.5. The molecule has 0 saturated carbocycles. The number of piperidine rings is 1. The summed E-state index contributed by atoms with van der Waals surface area (Å²) in [6.45, 7) is 6.54. The van der Waals surface area contributed by atoms with E-state index in [1.54, 1.807) is 4.90 Å². The van der Waals surface area contributed by atoms with Gasteiger partial charge in [0.2, 0.25) is 0 Å². The van der Waals surface area contributed by atoms with E-state index < -0.39 is 5.97 Å². The number of carboxylic acid groups (broad SMARTS) is 1. The number of hydrogen-bond donors (Lipinski definition) is 1. The average molecular weight is 348 g/mol. The molecule has 0 aromatic heterocycles. The van der Waals surface area contributed by atoms with Crippen LogP contribution in [-0.4, -0.2) is 59.2 Å². The normalized spacial score (nSPS) is 16.0. The molecule has 6 nitrogen and oxygen atoms in total. The van der Waals surface area contributed by atoms with Crippen LogP contribution in [0.5, 0.6) is 0 Å². The number of carbonyl (C=O) groups is 2. The topological polar surface area (TPSA) is 70.1 Å². The van der Waals surface area contributed by atoms with Crippen LogP contribution in [0, 0.1) is 5.92 Å². The van der Waals surface area contributed by atoms with Crippen LogP contribution in [0.3, 0.4) is 0 Å². The Labute approximate surface area is 149 Å². The molecule has 0 bridgehead atoms.